The molecule has 0 saturated heterocycles. The first-order valence-corrected chi connectivity index (χ1v) is 16.6. The van der Waals surface area contributed by atoms with Crippen LogP contribution in [0.2, 0.25) is 0 Å². The highest BCUT2D eigenvalue weighted by atomic mass is 32.2. The monoisotopic (exact) mass is 619 g/mol. The highest BCUT2D eigenvalue weighted by Crippen LogP contribution is 2.26. The molecular formula is C37H37N3O4S. The van der Waals surface area contributed by atoms with E-state index in [2.05, 4.69) is 10.6 Å². The number of hydrogen-bond acceptors (Lipinski definition) is 4. The van der Waals surface area contributed by atoms with Crippen molar-refractivity contribution in [1.82, 2.24) is 9.62 Å². The summed E-state index contributed by atoms with van der Waals surface area (Å²) in [4.78, 5) is 27.1. The molecule has 0 bridgehead atoms. The molecule has 0 fully saturated rings. The lowest BCUT2D eigenvalue weighted by molar-refractivity contribution is 0.0952. The van der Waals surface area contributed by atoms with Crippen molar-refractivity contribution >= 4 is 38.3 Å². The number of hydrogen-bond donors (Lipinski definition) is 2. The van der Waals surface area contributed by atoms with Gasteiger partial charge < -0.3 is 10.6 Å². The largest absolute Gasteiger partial charge is 0.348 e. The van der Waals surface area contributed by atoms with Gasteiger partial charge in [-0.05, 0) is 82.8 Å². The molecule has 0 heterocycles. The van der Waals surface area contributed by atoms with Gasteiger partial charge in [-0.2, -0.15) is 4.31 Å². The fourth-order valence-electron chi connectivity index (χ4n) is 5.27. The molecule has 2 amide bonds. The van der Waals surface area contributed by atoms with E-state index >= 15 is 0 Å². The van der Waals surface area contributed by atoms with Gasteiger partial charge in [0.1, 0.15) is 0 Å². The zero-order valence-corrected chi connectivity index (χ0v) is 26.3. The van der Waals surface area contributed by atoms with Crippen LogP contribution >= 0.6 is 0 Å². The van der Waals surface area contributed by atoms with E-state index < -0.39 is 15.9 Å². The first-order valence-electron chi connectivity index (χ1n) is 15.2. The summed E-state index contributed by atoms with van der Waals surface area (Å²) >= 11 is 0. The van der Waals surface area contributed by atoms with Crippen molar-refractivity contribution in [1.29, 1.82) is 0 Å². The standard InChI is InChI=1S/C37H37N3O4S/c1-3-21-40(22-4-2)45(43,44)33-19-17-29(18-20-33)36(41)39-35-25-32-15-9-8-14-31(32)24-34(35)37(42)38-26-27-11-10-16-30(23-27)28-12-6-5-7-13-28/h5-20,23-25H,3-4,21-22,26H2,1-2H3,(H,38,42)(H,39,41). The summed E-state index contributed by atoms with van der Waals surface area (Å²) < 4.78 is 27.8. The van der Waals surface area contributed by atoms with Crippen LogP contribution in [0.5, 0.6) is 0 Å². The Bertz CT molecular complexity index is 1900. The number of benzene rings is 5. The van der Waals surface area contributed by atoms with Crippen molar-refractivity contribution in [3.8, 4) is 11.1 Å². The molecule has 5 rings (SSSR count). The van der Waals surface area contributed by atoms with E-state index in [1.54, 1.807) is 12.1 Å². The van der Waals surface area contributed by atoms with Crippen molar-refractivity contribution in [2.45, 2.75) is 38.1 Å². The van der Waals surface area contributed by atoms with Gasteiger partial charge in [0.15, 0.2) is 0 Å². The zero-order valence-electron chi connectivity index (χ0n) is 25.5. The maximum Gasteiger partial charge on any atom is 0.255 e. The number of sulfonamides is 1. The number of nitrogens with zero attached hydrogens (tertiary/aromatic N) is 1. The van der Waals surface area contributed by atoms with Gasteiger partial charge >= 0.3 is 0 Å². The summed E-state index contributed by atoms with van der Waals surface area (Å²) in [6.45, 7) is 5.06. The van der Waals surface area contributed by atoms with Crippen LogP contribution in [0.15, 0.2) is 120 Å². The van der Waals surface area contributed by atoms with Gasteiger partial charge in [-0.3, -0.25) is 9.59 Å². The summed E-state index contributed by atoms with van der Waals surface area (Å²) in [5, 5.41) is 7.63. The topological polar surface area (TPSA) is 95.6 Å². The lowest BCUT2D eigenvalue weighted by Crippen LogP contribution is -2.32. The average Bonchev–Trinajstić information content (AvgIpc) is 3.07. The highest BCUT2D eigenvalue weighted by Gasteiger charge is 2.23. The van der Waals surface area contributed by atoms with Crippen LogP contribution in [0.1, 0.15) is 53.0 Å². The molecule has 0 aliphatic carbocycles. The summed E-state index contributed by atoms with van der Waals surface area (Å²) in [6.07, 6.45) is 1.42. The SMILES string of the molecule is CCCN(CCC)S(=O)(=O)c1ccc(C(=O)Nc2cc3ccccc3cc2C(=O)NCc2cccc(-c3ccccc3)c2)cc1. The normalized spacial score (nSPS) is 11.4. The van der Waals surface area contributed by atoms with Gasteiger partial charge in [-0.1, -0.05) is 86.6 Å². The van der Waals surface area contributed by atoms with Crippen LogP contribution in [0.3, 0.4) is 0 Å². The van der Waals surface area contributed by atoms with E-state index in [9.17, 15) is 18.0 Å². The number of nitrogens with one attached hydrogen (secondary N) is 2. The molecule has 0 spiro atoms. The van der Waals surface area contributed by atoms with Crippen LogP contribution in [0.4, 0.5) is 5.69 Å². The second-order valence-corrected chi connectivity index (χ2v) is 12.8. The number of anilines is 1. The molecule has 0 radical (unpaired) electrons. The van der Waals surface area contributed by atoms with Crippen LogP contribution in [-0.2, 0) is 16.6 Å². The van der Waals surface area contributed by atoms with E-state index in [1.165, 1.54) is 28.6 Å². The summed E-state index contributed by atoms with van der Waals surface area (Å²) in [6, 6.07) is 35.1. The molecule has 8 heteroatoms. The number of rotatable bonds is 12. The number of carbonyl (C=O) groups excluding carboxylic acids is 2. The average molecular weight is 620 g/mol. The number of fused-ring (bicyclic) bond motifs is 1. The Hall–Kier alpha value is -4.79. The molecule has 5 aromatic rings. The fraction of sp³-hybridized carbons (Fsp3) is 0.189. The molecule has 45 heavy (non-hydrogen) atoms. The van der Waals surface area contributed by atoms with Gasteiger partial charge in [0, 0.05) is 25.2 Å². The zero-order chi connectivity index (χ0) is 31.8. The third-order valence-corrected chi connectivity index (χ3v) is 9.48. The summed E-state index contributed by atoms with van der Waals surface area (Å²) in [5.41, 5.74) is 4.07. The Labute approximate surface area is 265 Å². The molecule has 0 aliphatic rings. The molecule has 0 aromatic heterocycles. The minimum atomic E-state index is -3.67. The molecular weight excluding hydrogens is 582 g/mol. The van der Waals surface area contributed by atoms with Gasteiger partial charge in [-0.15, -0.1) is 0 Å². The predicted molar refractivity (Wildman–Crippen MR) is 181 cm³/mol. The van der Waals surface area contributed by atoms with Crippen LogP contribution < -0.4 is 10.6 Å². The molecule has 7 nitrogen and oxygen atoms in total. The second-order valence-electron chi connectivity index (χ2n) is 10.9. The van der Waals surface area contributed by atoms with Crippen molar-refractivity contribution in [3.63, 3.8) is 0 Å². The smallest absolute Gasteiger partial charge is 0.255 e. The van der Waals surface area contributed by atoms with Crippen molar-refractivity contribution in [2.75, 3.05) is 18.4 Å². The lowest BCUT2D eigenvalue weighted by atomic mass is 10.0. The quantitative estimate of drug-likeness (QED) is 0.151. The van der Waals surface area contributed by atoms with Crippen molar-refractivity contribution in [2.24, 2.45) is 0 Å². The molecule has 0 unspecified atom stereocenters. The molecule has 5 aromatic carbocycles. The third kappa shape index (κ3) is 7.48. The number of carbonyl (C=O) groups is 2. The highest BCUT2D eigenvalue weighted by molar-refractivity contribution is 7.89. The fourth-order valence-corrected chi connectivity index (χ4v) is 6.90. The summed E-state index contributed by atoms with van der Waals surface area (Å²) in [7, 11) is -3.67. The molecule has 0 saturated carbocycles. The Balaban J connectivity index is 1.36. The van der Waals surface area contributed by atoms with Crippen LogP contribution in [0, 0.1) is 0 Å². The first kappa shape index (κ1) is 31.6. The predicted octanol–water partition coefficient (Wildman–Crippen LogP) is 7.50. The Morgan fingerprint density at radius 2 is 1.29 bits per heavy atom. The van der Waals surface area contributed by atoms with Crippen LogP contribution in [0.25, 0.3) is 21.9 Å². The van der Waals surface area contributed by atoms with E-state index in [4.69, 9.17) is 0 Å². The first-order chi connectivity index (χ1) is 21.8. The van der Waals surface area contributed by atoms with Gasteiger partial charge in [0.2, 0.25) is 10.0 Å². The second kappa shape index (κ2) is 14.3. The van der Waals surface area contributed by atoms with Crippen molar-refractivity contribution < 1.29 is 18.0 Å². The molecule has 0 atom stereocenters. The van der Waals surface area contributed by atoms with E-state index in [0.29, 0.717) is 43.7 Å². The third-order valence-electron chi connectivity index (χ3n) is 7.57. The van der Waals surface area contributed by atoms with Crippen LogP contribution in [-0.4, -0.2) is 37.6 Å². The molecule has 0 aliphatic heterocycles. The maximum atomic E-state index is 13.5. The molecule has 2 N–H and O–H groups in total. The van der Waals surface area contributed by atoms with Gasteiger partial charge in [0.25, 0.3) is 11.8 Å². The lowest BCUT2D eigenvalue weighted by Gasteiger charge is -2.21. The summed E-state index contributed by atoms with van der Waals surface area (Å²) in [5.74, 6) is -0.771. The van der Waals surface area contributed by atoms with Crippen molar-refractivity contribution in [3.05, 3.63) is 132 Å². The minimum absolute atomic E-state index is 0.142. The number of amides is 2. The minimum Gasteiger partial charge on any atom is -0.348 e. The maximum absolute atomic E-state index is 13.5. The van der Waals surface area contributed by atoms with E-state index in [1.807, 2.05) is 92.7 Å². The Morgan fingerprint density at radius 1 is 0.667 bits per heavy atom. The van der Waals surface area contributed by atoms with E-state index in [-0.39, 0.29) is 16.4 Å². The Kier molecular flexibility index (Phi) is 10.1. The molecule has 230 valence electrons. The van der Waals surface area contributed by atoms with Gasteiger partial charge in [-0.25, -0.2) is 8.42 Å². The Morgan fingerprint density at radius 3 is 1.96 bits per heavy atom. The van der Waals surface area contributed by atoms with E-state index in [0.717, 1.165) is 27.5 Å². The van der Waals surface area contributed by atoms with Gasteiger partial charge in [0.05, 0.1) is 16.1 Å².